The number of amides is 4. The zero-order valence-electron chi connectivity index (χ0n) is 30.4. The third-order valence-corrected chi connectivity index (χ3v) is 14.1. The van der Waals surface area contributed by atoms with E-state index >= 15 is 0 Å². The van der Waals surface area contributed by atoms with Crippen LogP contribution in [0.3, 0.4) is 0 Å². The maximum Gasteiger partial charge on any atom is 0.405 e. The topological polar surface area (TPSA) is 193 Å². The number of carboxylic acid groups (broad SMARTS) is 1. The smallest absolute Gasteiger partial charge is 0.405 e. The summed E-state index contributed by atoms with van der Waals surface area (Å²) < 4.78 is 40.0. The number of carbonyl (C=O) groups is 4. The Morgan fingerprint density at radius 3 is 2.70 bits per heavy atom. The Morgan fingerprint density at radius 2 is 1.96 bits per heavy atom. The molecule has 4 N–H and O–H groups in total. The molecule has 4 heterocycles. The average molecular weight is 752 g/mol. The molecule has 2 aromatic rings. The van der Waals surface area contributed by atoms with Crippen LogP contribution >= 0.6 is 0 Å². The van der Waals surface area contributed by atoms with E-state index in [1.807, 2.05) is 37.3 Å². The van der Waals surface area contributed by atoms with Crippen LogP contribution < -0.4 is 24.8 Å². The van der Waals surface area contributed by atoms with Crippen molar-refractivity contribution < 1.29 is 42.2 Å². The van der Waals surface area contributed by atoms with Crippen LogP contribution in [-0.4, -0.2) is 88.8 Å². The maximum atomic E-state index is 14.6. The predicted molar refractivity (Wildman–Crippen MR) is 195 cm³/mol. The summed E-state index contributed by atoms with van der Waals surface area (Å²) in [7, 11) is -4.00. The van der Waals surface area contributed by atoms with Crippen LogP contribution in [0.2, 0.25) is 0 Å². The minimum absolute atomic E-state index is 0.0264. The molecule has 2 aliphatic carbocycles. The molecule has 286 valence electrons. The van der Waals surface area contributed by atoms with E-state index < -0.39 is 68.2 Å². The largest absolute Gasteiger partial charge is 0.493 e. The van der Waals surface area contributed by atoms with Crippen molar-refractivity contribution in [3.05, 3.63) is 42.1 Å². The van der Waals surface area contributed by atoms with Crippen molar-refractivity contribution in [1.82, 2.24) is 25.2 Å². The monoisotopic (exact) mass is 751 g/mol. The lowest BCUT2D eigenvalue weighted by molar-refractivity contribution is -0.142. The summed E-state index contributed by atoms with van der Waals surface area (Å²) in [5, 5.41) is 16.8. The summed E-state index contributed by atoms with van der Waals surface area (Å²) in [5.41, 5.74) is -0.441. The van der Waals surface area contributed by atoms with Crippen LogP contribution in [0.1, 0.15) is 84.1 Å². The molecule has 1 aromatic heterocycles. The zero-order valence-corrected chi connectivity index (χ0v) is 31.2. The summed E-state index contributed by atoms with van der Waals surface area (Å²) in [6.07, 6.45) is 8.77. The summed E-state index contributed by atoms with van der Waals surface area (Å²) in [5.74, 6) is -1.60. The molecular weight excluding hydrogens is 703 g/mol. The highest BCUT2D eigenvalue weighted by molar-refractivity contribution is 7.91. The zero-order chi connectivity index (χ0) is 37.7. The quantitative estimate of drug-likeness (QED) is 0.303. The van der Waals surface area contributed by atoms with Gasteiger partial charge in [-0.15, -0.1) is 0 Å². The molecule has 1 aromatic carbocycles. The van der Waals surface area contributed by atoms with Crippen LogP contribution in [0.25, 0.3) is 10.8 Å². The number of hydrogen-bond acceptors (Lipinski definition) is 9. The number of nitrogens with one attached hydrogen (secondary N) is 3. The summed E-state index contributed by atoms with van der Waals surface area (Å²) in [4.78, 5) is 60.8. The first-order valence-electron chi connectivity index (χ1n) is 18.8. The van der Waals surface area contributed by atoms with Crippen molar-refractivity contribution in [2.24, 2.45) is 17.8 Å². The van der Waals surface area contributed by atoms with Crippen LogP contribution in [0, 0.1) is 17.8 Å². The SMILES string of the molecule is CC[C@@H]1C[C@H](C)CC/C=C\[C@@H]2C[C@@]2(C(=O)NS(=O)(=O)C2(C)CC2)NC(=O)[C@@H]2C[C@@H](Oc3nccc4c5c(ccc34)CCCO5)CN2C(=O)[C@H]1NC(=O)O. The molecule has 2 saturated carbocycles. The second kappa shape index (κ2) is 14.1. The van der Waals surface area contributed by atoms with E-state index in [0.717, 1.165) is 36.0 Å². The Bertz CT molecular complexity index is 1950. The van der Waals surface area contributed by atoms with Crippen LogP contribution in [-0.2, 0) is 30.8 Å². The van der Waals surface area contributed by atoms with Gasteiger partial charge in [0.15, 0.2) is 0 Å². The highest BCUT2D eigenvalue weighted by Gasteiger charge is 2.63. The van der Waals surface area contributed by atoms with E-state index in [0.29, 0.717) is 50.0 Å². The number of benzene rings is 1. The maximum absolute atomic E-state index is 14.6. The third kappa shape index (κ3) is 7.16. The molecule has 3 fully saturated rings. The van der Waals surface area contributed by atoms with Crippen molar-refractivity contribution in [2.75, 3.05) is 13.2 Å². The van der Waals surface area contributed by atoms with Crippen molar-refractivity contribution in [2.45, 2.75) is 113 Å². The molecule has 5 aliphatic rings. The second-order valence-electron chi connectivity index (χ2n) is 15.8. The molecular formula is C38H49N5O9S. The van der Waals surface area contributed by atoms with Crippen LogP contribution in [0.15, 0.2) is 36.5 Å². The lowest BCUT2D eigenvalue weighted by Gasteiger charge is -2.33. The molecule has 1 saturated heterocycles. The Labute approximate surface area is 309 Å². The lowest BCUT2D eigenvalue weighted by Crippen LogP contribution is -2.59. The standard InChI is InChI=1S/C38H49N5O9S/c1-4-23-18-22(2)8-5-6-10-25-20-38(25,35(46)42-53(49,50)37(3)14-15-37)41-32(44)29-19-26(21-43(29)34(45)30(23)40-36(47)48)52-33-28-12-11-24-9-7-17-51-31(24)27(28)13-16-39-33/h6,10-13,16,22-23,25-26,29-30,40H,4-5,7-9,14-15,17-21H2,1-3H3,(H,41,44)(H,42,46)(H,47,48)/b10-6-/t22-,23-,25-,26-,29+,30+,38-/m1/s1. The first kappa shape index (κ1) is 36.9. The Hall–Kier alpha value is -4.40. The number of allylic oxidation sites excluding steroid dienone is 1. The van der Waals surface area contributed by atoms with Crippen molar-refractivity contribution in [3.63, 3.8) is 0 Å². The van der Waals surface area contributed by atoms with Gasteiger partial charge in [-0.1, -0.05) is 38.5 Å². The number of pyridine rings is 1. The fourth-order valence-electron chi connectivity index (χ4n) is 8.25. The molecule has 0 bridgehead atoms. The van der Waals surface area contributed by atoms with Gasteiger partial charge in [0, 0.05) is 29.3 Å². The fourth-order valence-corrected chi connectivity index (χ4v) is 9.56. The molecule has 4 amide bonds. The number of ether oxygens (including phenoxy) is 2. The third-order valence-electron chi connectivity index (χ3n) is 11.9. The van der Waals surface area contributed by atoms with Crippen molar-refractivity contribution in [1.29, 1.82) is 0 Å². The Balaban J connectivity index is 1.22. The van der Waals surface area contributed by atoms with Crippen molar-refractivity contribution >= 4 is 44.6 Å². The average Bonchev–Trinajstić information content (AvgIpc) is 4.01. The Kier molecular flexibility index (Phi) is 9.83. The van der Waals surface area contributed by atoms with Crippen molar-refractivity contribution in [3.8, 4) is 11.6 Å². The van der Waals surface area contributed by atoms with Gasteiger partial charge >= 0.3 is 6.09 Å². The summed E-state index contributed by atoms with van der Waals surface area (Å²) >= 11 is 0. The lowest BCUT2D eigenvalue weighted by atomic mass is 9.85. The molecule has 7 rings (SSSR count). The molecule has 15 heteroatoms. The number of carbonyl (C=O) groups excluding carboxylic acids is 3. The number of nitrogens with zero attached hydrogens (tertiary/aromatic N) is 2. The summed E-state index contributed by atoms with van der Waals surface area (Å²) in [6.45, 7) is 6.11. The number of rotatable bonds is 7. The van der Waals surface area contributed by atoms with E-state index in [4.69, 9.17) is 9.47 Å². The molecule has 3 aliphatic heterocycles. The molecule has 53 heavy (non-hydrogen) atoms. The number of hydrogen-bond donors (Lipinski definition) is 4. The van der Waals surface area contributed by atoms with E-state index in [1.54, 1.807) is 13.1 Å². The number of sulfonamides is 1. The van der Waals surface area contributed by atoms with E-state index in [-0.39, 0.29) is 31.2 Å². The molecule has 7 atom stereocenters. The van der Waals surface area contributed by atoms with Gasteiger partial charge in [-0.05, 0) is 87.8 Å². The summed E-state index contributed by atoms with van der Waals surface area (Å²) in [6, 6.07) is 3.50. The van der Waals surface area contributed by atoms with Gasteiger partial charge in [0.1, 0.15) is 29.5 Å². The fraction of sp³-hybridized carbons (Fsp3) is 0.605. The van der Waals surface area contributed by atoms with Gasteiger partial charge in [-0.3, -0.25) is 19.1 Å². The van der Waals surface area contributed by atoms with Gasteiger partial charge in [0.2, 0.25) is 27.7 Å². The Morgan fingerprint density at radius 1 is 1.17 bits per heavy atom. The van der Waals surface area contributed by atoms with Gasteiger partial charge < -0.3 is 30.1 Å². The van der Waals surface area contributed by atoms with Gasteiger partial charge in [-0.25, -0.2) is 18.2 Å². The first-order chi connectivity index (χ1) is 25.2. The number of fused-ring (bicyclic) bond motifs is 5. The molecule has 14 nitrogen and oxygen atoms in total. The van der Waals surface area contributed by atoms with Gasteiger partial charge in [-0.2, -0.15) is 0 Å². The van der Waals surface area contributed by atoms with Crippen LogP contribution in [0.4, 0.5) is 4.79 Å². The highest BCUT2D eigenvalue weighted by atomic mass is 32.2. The highest BCUT2D eigenvalue weighted by Crippen LogP contribution is 2.48. The molecule has 0 unspecified atom stereocenters. The normalized spacial score (nSPS) is 31.6. The number of aryl methyl sites for hydroxylation is 1. The second-order valence-corrected chi connectivity index (χ2v) is 18.0. The molecule has 0 radical (unpaired) electrons. The number of aromatic nitrogens is 1. The van der Waals surface area contributed by atoms with E-state index in [9.17, 15) is 32.7 Å². The minimum Gasteiger partial charge on any atom is -0.493 e. The predicted octanol–water partition coefficient (Wildman–Crippen LogP) is 3.82. The van der Waals surface area contributed by atoms with E-state index in [1.165, 1.54) is 4.90 Å². The van der Waals surface area contributed by atoms with E-state index in [2.05, 4.69) is 27.3 Å². The van der Waals surface area contributed by atoms with Gasteiger partial charge in [0.05, 0.1) is 17.9 Å². The van der Waals surface area contributed by atoms with Gasteiger partial charge in [0.25, 0.3) is 5.91 Å². The minimum atomic E-state index is -4.00. The molecule has 0 spiro atoms. The van der Waals surface area contributed by atoms with Crippen LogP contribution in [0.5, 0.6) is 11.6 Å². The first-order valence-corrected chi connectivity index (χ1v) is 20.3.